The van der Waals surface area contributed by atoms with E-state index < -0.39 is 36.2 Å². The molecule has 1 aromatic rings. The van der Waals surface area contributed by atoms with Crippen molar-refractivity contribution < 1.29 is 43.8 Å². The molecule has 3 N–H and O–H groups in total. The van der Waals surface area contributed by atoms with Gasteiger partial charge in [-0.05, 0) is 45.2 Å². The number of carbonyl (C=O) groups is 1. The summed E-state index contributed by atoms with van der Waals surface area (Å²) in [6.45, 7) is 5.08. The fourth-order valence-electron chi connectivity index (χ4n) is 3.51. The zero-order valence-electron chi connectivity index (χ0n) is 19.7. The van der Waals surface area contributed by atoms with Crippen molar-refractivity contribution >= 4 is 12.0 Å². The van der Waals surface area contributed by atoms with E-state index in [0.717, 1.165) is 0 Å². The van der Waals surface area contributed by atoms with E-state index in [-0.39, 0.29) is 18.1 Å². The van der Waals surface area contributed by atoms with Gasteiger partial charge in [0, 0.05) is 13.2 Å². The highest BCUT2D eigenvalue weighted by molar-refractivity contribution is 5.95. The maximum absolute atomic E-state index is 11.9. The van der Waals surface area contributed by atoms with Crippen LogP contribution >= 0.6 is 0 Å². The lowest BCUT2D eigenvalue weighted by Crippen LogP contribution is -2.34. The average Bonchev–Trinajstić information content (AvgIpc) is 3.05. The molecule has 0 amide bonds. The summed E-state index contributed by atoms with van der Waals surface area (Å²) < 4.78 is 27.4. The molecular weight excluding hydrogens is 432 g/mol. The number of hydrogen-bond donors (Lipinski definition) is 3. The van der Waals surface area contributed by atoms with E-state index >= 15 is 0 Å². The van der Waals surface area contributed by atoms with Crippen LogP contribution in [-0.4, -0.2) is 72.5 Å². The Bertz CT molecular complexity index is 845. The van der Waals surface area contributed by atoms with E-state index in [2.05, 4.69) is 0 Å². The minimum absolute atomic E-state index is 0.0225. The minimum atomic E-state index is -1.15. The van der Waals surface area contributed by atoms with Crippen molar-refractivity contribution in [2.45, 2.75) is 63.8 Å². The predicted molar refractivity (Wildman–Crippen MR) is 121 cm³/mol. The SMILES string of the molecule is COCOc1cc(OC)cc(/C=C/C[C@@H]2OC(C)(C)O[C@@H]2C(O)/C=C\CC(C)O)c1C(=O)O. The van der Waals surface area contributed by atoms with Crippen molar-refractivity contribution in [3.05, 3.63) is 41.5 Å². The third kappa shape index (κ3) is 7.83. The monoisotopic (exact) mass is 466 g/mol. The van der Waals surface area contributed by atoms with Crippen molar-refractivity contribution in [3.8, 4) is 11.5 Å². The Hall–Kier alpha value is -2.43. The Morgan fingerprint density at radius 2 is 1.94 bits per heavy atom. The number of carboxylic acid groups (broad SMARTS) is 1. The maximum atomic E-state index is 11.9. The Kier molecular flexibility index (Phi) is 9.87. The molecule has 0 bridgehead atoms. The van der Waals surface area contributed by atoms with Gasteiger partial charge in [-0.15, -0.1) is 0 Å². The lowest BCUT2D eigenvalue weighted by molar-refractivity contribution is -0.152. The molecule has 9 heteroatoms. The van der Waals surface area contributed by atoms with E-state index in [1.165, 1.54) is 20.3 Å². The van der Waals surface area contributed by atoms with Gasteiger partial charge in [-0.2, -0.15) is 0 Å². The van der Waals surface area contributed by atoms with E-state index in [0.29, 0.717) is 24.2 Å². The molecule has 1 aromatic carbocycles. The number of methoxy groups -OCH3 is 2. The summed E-state index contributed by atoms with van der Waals surface area (Å²) in [5.41, 5.74) is 0.366. The molecule has 4 atom stereocenters. The summed E-state index contributed by atoms with van der Waals surface area (Å²) in [4.78, 5) is 11.9. The summed E-state index contributed by atoms with van der Waals surface area (Å²) in [5.74, 6) is -1.47. The van der Waals surface area contributed by atoms with Crippen molar-refractivity contribution in [1.82, 2.24) is 0 Å². The fourth-order valence-corrected chi connectivity index (χ4v) is 3.51. The number of aliphatic hydroxyl groups excluding tert-OH is 2. The number of benzene rings is 1. The fraction of sp³-hybridized carbons (Fsp3) is 0.542. The molecule has 184 valence electrons. The highest BCUT2D eigenvalue weighted by Crippen LogP contribution is 2.34. The summed E-state index contributed by atoms with van der Waals surface area (Å²) >= 11 is 0. The second-order valence-corrected chi connectivity index (χ2v) is 8.23. The van der Waals surface area contributed by atoms with Gasteiger partial charge >= 0.3 is 5.97 Å². The summed E-state index contributed by atoms with van der Waals surface area (Å²) in [6.07, 6.45) is 4.95. The molecule has 9 nitrogen and oxygen atoms in total. The molecule has 0 aromatic heterocycles. The zero-order valence-corrected chi connectivity index (χ0v) is 19.7. The number of carboxylic acids is 1. The molecule has 33 heavy (non-hydrogen) atoms. The first-order valence-electron chi connectivity index (χ1n) is 10.7. The number of ether oxygens (including phenoxy) is 5. The van der Waals surface area contributed by atoms with E-state index in [9.17, 15) is 20.1 Å². The molecular formula is C24H34O9. The number of aromatic carboxylic acids is 1. The standard InChI is InChI=1S/C24H34O9/c1-15(25)8-6-10-18(26)22-19(32-24(2,3)33-22)11-7-9-16-12-17(30-5)13-20(31-14-29-4)21(16)23(27)28/h6-7,9-10,12-13,15,18-19,22,25-26H,8,11,14H2,1-5H3,(H,27,28)/b9-7+,10-6-/t15?,18?,19-,22+/m0/s1. The summed E-state index contributed by atoms with van der Waals surface area (Å²) in [7, 11) is 2.92. The minimum Gasteiger partial charge on any atom is -0.497 e. The van der Waals surface area contributed by atoms with Gasteiger partial charge in [0.05, 0.1) is 19.3 Å². The Morgan fingerprint density at radius 3 is 2.55 bits per heavy atom. The average molecular weight is 467 g/mol. The lowest BCUT2D eigenvalue weighted by atomic mass is 10.0. The summed E-state index contributed by atoms with van der Waals surface area (Å²) in [6, 6.07) is 3.09. The molecule has 0 saturated carbocycles. The van der Waals surface area contributed by atoms with E-state index in [1.54, 1.807) is 51.1 Å². The molecule has 0 spiro atoms. The highest BCUT2D eigenvalue weighted by Gasteiger charge is 2.43. The number of aliphatic hydroxyl groups is 2. The summed E-state index contributed by atoms with van der Waals surface area (Å²) in [5, 5.41) is 29.7. The maximum Gasteiger partial charge on any atom is 0.340 e. The second-order valence-electron chi connectivity index (χ2n) is 8.23. The van der Waals surface area contributed by atoms with Crippen molar-refractivity contribution in [1.29, 1.82) is 0 Å². The molecule has 2 rings (SSSR count). The molecule has 0 radical (unpaired) electrons. The first-order chi connectivity index (χ1) is 15.6. The van der Waals surface area contributed by atoms with Crippen molar-refractivity contribution in [2.75, 3.05) is 21.0 Å². The Balaban J connectivity index is 2.23. The predicted octanol–water partition coefficient (Wildman–Crippen LogP) is 2.99. The third-order valence-electron chi connectivity index (χ3n) is 4.92. The van der Waals surface area contributed by atoms with Gasteiger partial charge in [0.1, 0.15) is 29.3 Å². The van der Waals surface area contributed by atoms with Crippen LogP contribution in [0.4, 0.5) is 0 Å². The van der Waals surface area contributed by atoms with E-state index in [4.69, 9.17) is 23.7 Å². The van der Waals surface area contributed by atoms with Crippen LogP contribution in [0.1, 0.15) is 49.5 Å². The molecule has 1 aliphatic rings. The van der Waals surface area contributed by atoms with Crippen LogP contribution in [0, 0.1) is 0 Å². The molecule has 1 fully saturated rings. The van der Waals surface area contributed by atoms with E-state index in [1.807, 2.05) is 0 Å². The van der Waals surface area contributed by atoms with Gasteiger partial charge in [0.15, 0.2) is 12.6 Å². The molecule has 2 unspecified atom stereocenters. The number of rotatable bonds is 12. The topological polar surface area (TPSA) is 124 Å². The molecule has 0 aliphatic carbocycles. The zero-order chi connectivity index (χ0) is 24.6. The quantitative estimate of drug-likeness (QED) is 0.315. The first kappa shape index (κ1) is 26.8. The van der Waals surface area contributed by atoms with Gasteiger partial charge < -0.3 is 39.0 Å². The lowest BCUT2D eigenvalue weighted by Gasteiger charge is -2.19. The van der Waals surface area contributed by atoms with Gasteiger partial charge in [0.2, 0.25) is 0 Å². The Morgan fingerprint density at radius 1 is 1.21 bits per heavy atom. The van der Waals surface area contributed by atoms with Gasteiger partial charge in [-0.1, -0.05) is 24.3 Å². The first-order valence-corrected chi connectivity index (χ1v) is 10.7. The van der Waals surface area contributed by atoms with Crippen LogP contribution in [-0.2, 0) is 14.2 Å². The van der Waals surface area contributed by atoms with Crippen LogP contribution in [0.15, 0.2) is 30.4 Å². The van der Waals surface area contributed by atoms with Crippen LogP contribution in [0.3, 0.4) is 0 Å². The largest absolute Gasteiger partial charge is 0.497 e. The second kappa shape index (κ2) is 12.2. The number of hydrogen-bond acceptors (Lipinski definition) is 8. The van der Waals surface area contributed by atoms with Crippen molar-refractivity contribution in [3.63, 3.8) is 0 Å². The molecule has 1 heterocycles. The third-order valence-corrected chi connectivity index (χ3v) is 4.92. The van der Waals surface area contributed by atoms with Crippen LogP contribution in [0.25, 0.3) is 6.08 Å². The normalized spacial score (nSPS) is 22.0. The molecule has 1 saturated heterocycles. The van der Waals surface area contributed by atoms with Gasteiger partial charge in [-0.3, -0.25) is 0 Å². The Labute approximate surface area is 194 Å². The van der Waals surface area contributed by atoms with Gasteiger partial charge in [-0.25, -0.2) is 4.79 Å². The van der Waals surface area contributed by atoms with Crippen LogP contribution < -0.4 is 9.47 Å². The molecule has 1 aliphatic heterocycles. The van der Waals surface area contributed by atoms with Crippen LogP contribution in [0.2, 0.25) is 0 Å². The smallest absolute Gasteiger partial charge is 0.340 e. The highest BCUT2D eigenvalue weighted by atomic mass is 16.8. The van der Waals surface area contributed by atoms with Crippen LogP contribution in [0.5, 0.6) is 11.5 Å². The van der Waals surface area contributed by atoms with Crippen molar-refractivity contribution in [2.24, 2.45) is 0 Å². The van der Waals surface area contributed by atoms with Gasteiger partial charge in [0.25, 0.3) is 0 Å².